The number of methoxy groups -OCH3 is 2. The summed E-state index contributed by atoms with van der Waals surface area (Å²) < 4.78 is 17.1. The predicted molar refractivity (Wildman–Crippen MR) is 140 cm³/mol. The maximum Gasteiger partial charge on any atom is 0.227 e. The average Bonchev–Trinajstić information content (AvgIpc) is 3.23. The van der Waals surface area contributed by atoms with Crippen LogP contribution in [0.1, 0.15) is 23.1 Å². The number of benzene rings is 3. The number of aryl methyl sites for hydroxylation is 1. The van der Waals surface area contributed by atoms with Crippen LogP contribution in [0.4, 0.5) is 5.69 Å². The van der Waals surface area contributed by atoms with Gasteiger partial charge in [0.25, 0.3) is 0 Å². The Morgan fingerprint density at radius 2 is 1.75 bits per heavy atom. The molecule has 186 valence electrons. The van der Waals surface area contributed by atoms with Crippen molar-refractivity contribution in [1.82, 2.24) is 9.80 Å². The number of fused-ring (bicyclic) bond motifs is 2. The van der Waals surface area contributed by atoms with Gasteiger partial charge in [0.2, 0.25) is 5.91 Å². The molecule has 0 spiro atoms. The Labute approximate surface area is 211 Å². The smallest absolute Gasteiger partial charge is 0.227 e. The van der Waals surface area contributed by atoms with Gasteiger partial charge in [-0.15, -0.1) is 0 Å². The van der Waals surface area contributed by atoms with Gasteiger partial charge in [-0.05, 0) is 60.9 Å². The number of nitrogens with zero attached hydrogens (tertiary/aromatic N) is 3. The fourth-order valence-corrected chi connectivity index (χ4v) is 4.68. The fraction of sp³-hybridized carbons (Fsp3) is 0.310. The molecule has 5 rings (SSSR count). The number of amides is 1. The first-order valence-corrected chi connectivity index (χ1v) is 12.3. The number of rotatable bonds is 4. The van der Waals surface area contributed by atoms with Crippen molar-refractivity contribution < 1.29 is 19.0 Å². The summed E-state index contributed by atoms with van der Waals surface area (Å²) in [5.74, 6) is 3.92. The van der Waals surface area contributed by atoms with Crippen LogP contribution in [-0.2, 0) is 11.2 Å². The zero-order valence-corrected chi connectivity index (χ0v) is 21.0. The Bertz CT molecular complexity index is 1300. The monoisotopic (exact) mass is 485 g/mol. The molecule has 2 aliphatic rings. The molecule has 2 heterocycles. The lowest BCUT2D eigenvalue weighted by molar-refractivity contribution is -0.130. The van der Waals surface area contributed by atoms with Crippen LogP contribution in [0.5, 0.6) is 23.0 Å². The van der Waals surface area contributed by atoms with E-state index in [0.29, 0.717) is 31.8 Å². The molecule has 36 heavy (non-hydrogen) atoms. The SMILES string of the molecule is COc1cccc(CC(=O)N2CCCN(C3=Nc4ccc(C)cc4Oc4cc(OC)ccc43)CC2)c1. The van der Waals surface area contributed by atoms with E-state index in [1.165, 1.54) is 0 Å². The van der Waals surface area contributed by atoms with Crippen LogP contribution in [0.25, 0.3) is 0 Å². The molecule has 2 aliphatic heterocycles. The van der Waals surface area contributed by atoms with Gasteiger partial charge < -0.3 is 24.0 Å². The standard InChI is InChI=1S/C29H31N3O4/c1-20-8-11-25-27(16-20)36-26-19-23(35-3)9-10-24(26)29(30-25)32-13-5-12-31(14-15-32)28(33)18-21-6-4-7-22(17-21)34-2/h4,6-11,16-17,19H,5,12-15,18H2,1-3H3. The average molecular weight is 486 g/mol. The normalized spacial score (nSPS) is 15.0. The van der Waals surface area contributed by atoms with Gasteiger partial charge in [0, 0.05) is 32.2 Å². The van der Waals surface area contributed by atoms with Crippen LogP contribution >= 0.6 is 0 Å². The number of ether oxygens (including phenoxy) is 3. The van der Waals surface area contributed by atoms with Gasteiger partial charge in [0.15, 0.2) is 5.75 Å². The van der Waals surface area contributed by atoms with Gasteiger partial charge >= 0.3 is 0 Å². The third-order valence-electron chi connectivity index (χ3n) is 6.63. The lowest BCUT2D eigenvalue weighted by Crippen LogP contribution is -2.38. The summed E-state index contributed by atoms with van der Waals surface area (Å²) in [6, 6.07) is 19.6. The van der Waals surface area contributed by atoms with Crippen molar-refractivity contribution in [1.29, 1.82) is 0 Å². The molecule has 3 aromatic rings. The second-order valence-corrected chi connectivity index (χ2v) is 9.12. The van der Waals surface area contributed by atoms with Gasteiger partial charge in [-0.25, -0.2) is 4.99 Å². The highest BCUT2D eigenvalue weighted by Gasteiger charge is 2.26. The second-order valence-electron chi connectivity index (χ2n) is 9.12. The second kappa shape index (κ2) is 10.3. The molecular formula is C29H31N3O4. The minimum absolute atomic E-state index is 0.127. The number of carbonyl (C=O) groups is 1. The number of aliphatic imine (C=N–C) groups is 1. The van der Waals surface area contributed by atoms with Crippen LogP contribution in [0.2, 0.25) is 0 Å². The Morgan fingerprint density at radius 3 is 2.58 bits per heavy atom. The molecule has 7 nitrogen and oxygen atoms in total. The first-order valence-electron chi connectivity index (χ1n) is 12.3. The van der Waals surface area contributed by atoms with E-state index >= 15 is 0 Å². The Kier molecular flexibility index (Phi) is 6.80. The van der Waals surface area contributed by atoms with Gasteiger partial charge in [0.05, 0.1) is 26.2 Å². The van der Waals surface area contributed by atoms with Crippen molar-refractivity contribution in [3.8, 4) is 23.0 Å². The molecular weight excluding hydrogens is 454 g/mol. The van der Waals surface area contributed by atoms with Gasteiger partial charge in [-0.3, -0.25) is 4.79 Å². The van der Waals surface area contributed by atoms with Gasteiger partial charge in [-0.2, -0.15) is 0 Å². The van der Waals surface area contributed by atoms with Gasteiger partial charge in [0.1, 0.15) is 28.8 Å². The quantitative estimate of drug-likeness (QED) is 0.522. The maximum atomic E-state index is 13.1. The van der Waals surface area contributed by atoms with E-state index < -0.39 is 0 Å². The van der Waals surface area contributed by atoms with Crippen LogP contribution in [0.3, 0.4) is 0 Å². The van der Waals surface area contributed by atoms with Crippen molar-refractivity contribution in [2.24, 2.45) is 4.99 Å². The predicted octanol–water partition coefficient (Wildman–Crippen LogP) is 4.97. The first kappa shape index (κ1) is 23.7. The van der Waals surface area contributed by atoms with E-state index in [0.717, 1.165) is 58.4 Å². The Hall–Kier alpha value is -4.00. The topological polar surface area (TPSA) is 63.6 Å². The van der Waals surface area contributed by atoms with Crippen molar-refractivity contribution in [2.75, 3.05) is 40.4 Å². The molecule has 3 aromatic carbocycles. The van der Waals surface area contributed by atoms with E-state index in [2.05, 4.69) is 4.90 Å². The summed E-state index contributed by atoms with van der Waals surface area (Å²) in [6.07, 6.45) is 1.22. The number of hydrogen-bond donors (Lipinski definition) is 0. The number of amidine groups is 1. The highest BCUT2D eigenvalue weighted by Crippen LogP contribution is 2.40. The zero-order chi connectivity index (χ0) is 25.1. The number of hydrogen-bond acceptors (Lipinski definition) is 6. The minimum Gasteiger partial charge on any atom is -0.497 e. The van der Waals surface area contributed by atoms with Crippen LogP contribution < -0.4 is 14.2 Å². The lowest BCUT2D eigenvalue weighted by Gasteiger charge is -2.25. The highest BCUT2D eigenvalue weighted by atomic mass is 16.5. The number of carbonyl (C=O) groups excluding carboxylic acids is 1. The minimum atomic E-state index is 0.127. The molecule has 0 N–H and O–H groups in total. The van der Waals surface area contributed by atoms with E-state index in [1.807, 2.05) is 72.5 Å². The Morgan fingerprint density at radius 1 is 0.917 bits per heavy atom. The Balaban J connectivity index is 1.39. The van der Waals surface area contributed by atoms with Crippen LogP contribution in [0, 0.1) is 6.92 Å². The fourth-order valence-electron chi connectivity index (χ4n) is 4.68. The van der Waals surface area contributed by atoms with Crippen LogP contribution in [0.15, 0.2) is 65.7 Å². The molecule has 1 saturated heterocycles. The molecule has 0 radical (unpaired) electrons. The summed E-state index contributed by atoms with van der Waals surface area (Å²) in [6.45, 7) is 4.88. The van der Waals surface area contributed by atoms with Crippen molar-refractivity contribution in [3.05, 3.63) is 77.4 Å². The van der Waals surface area contributed by atoms with Crippen LogP contribution in [-0.4, -0.2) is 61.9 Å². The third kappa shape index (κ3) is 5.00. The van der Waals surface area contributed by atoms with Crippen molar-refractivity contribution >= 4 is 17.4 Å². The molecule has 1 amide bonds. The van der Waals surface area contributed by atoms with Crippen molar-refractivity contribution in [3.63, 3.8) is 0 Å². The molecule has 0 saturated carbocycles. The highest BCUT2D eigenvalue weighted by molar-refractivity contribution is 6.04. The maximum absolute atomic E-state index is 13.1. The first-order chi connectivity index (χ1) is 17.5. The van der Waals surface area contributed by atoms with Gasteiger partial charge in [-0.1, -0.05) is 18.2 Å². The largest absolute Gasteiger partial charge is 0.497 e. The molecule has 0 aromatic heterocycles. The van der Waals surface area contributed by atoms with E-state index in [9.17, 15) is 4.79 Å². The molecule has 1 fully saturated rings. The van der Waals surface area contributed by atoms with E-state index in [4.69, 9.17) is 19.2 Å². The van der Waals surface area contributed by atoms with E-state index in [-0.39, 0.29) is 5.91 Å². The summed E-state index contributed by atoms with van der Waals surface area (Å²) in [5, 5.41) is 0. The summed E-state index contributed by atoms with van der Waals surface area (Å²) in [7, 11) is 3.29. The van der Waals surface area contributed by atoms with E-state index in [1.54, 1.807) is 14.2 Å². The zero-order valence-electron chi connectivity index (χ0n) is 21.0. The third-order valence-corrected chi connectivity index (χ3v) is 6.63. The summed E-state index contributed by atoms with van der Waals surface area (Å²) >= 11 is 0. The molecule has 0 bridgehead atoms. The van der Waals surface area contributed by atoms with Crippen molar-refractivity contribution in [2.45, 2.75) is 19.8 Å². The molecule has 0 unspecified atom stereocenters. The molecule has 0 atom stereocenters. The summed E-state index contributed by atoms with van der Waals surface area (Å²) in [5.41, 5.74) is 3.78. The molecule has 0 aliphatic carbocycles. The summed E-state index contributed by atoms with van der Waals surface area (Å²) in [4.78, 5) is 22.4. The molecule has 7 heteroatoms. The lowest BCUT2D eigenvalue weighted by atomic mass is 10.1.